The first-order valence-corrected chi connectivity index (χ1v) is 11.9. The third-order valence-corrected chi connectivity index (χ3v) is 5.99. The number of benzene rings is 1. The second-order valence-corrected chi connectivity index (χ2v) is 8.55. The number of anilines is 5. The highest BCUT2D eigenvalue weighted by Gasteiger charge is 2.17. The molecule has 37 heavy (non-hydrogen) atoms. The molecule has 0 amide bonds. The highest BCUT2D eigenvalue weighted by atomic mass is 16.5. The highest BCUT2D eigenvalue weighted by Crippen LogP contribution is 2.37. The van der Waals surface area contributed by atoms with E-state index in [4.69, 9.17) is 9.47 Å². The number of ketones is 1. The molecule has 0 radical (unpaired) electrons. The summed E-state index contributed by atoms with van der Waals surface area (Å²) in [6.07, 6.45) is 5.01. The largest absolute Gasteiger partial charge is 0.494 e. The Bertz CT molecular complexity index is 1400. The summed E-state index contributed by atoms with van der Waals surface area (Å²) >= 11 is 0. The van der Waals surface area contributed by atoms with E-state index in [0.29, 0.717) is 53.4 Å². The summed E-state index contributed by atoms with van der Waals surface area (Å²) in [4.78, 5) is 27.9. The van der Waals surface area contributed by atoms with Gasteiger partial charge in [-0.1, -0.05) is 6.07 Å². The molecule has 11 heteroatoms. The minimum absolute atomic E-state index is 0.115. The van der Waals surface area contributed by atoms with Gasteiger partial charge in [-0.2, -0.15) is 5.10 Å². The number of carbonyl (C=O) groups excluding carboxylic acids is 1. The van der Waals surface area contributed by atoms with E-state index in [1.165, 1.54) is 6.92 Å². The molecule has 190 valence electrons. The van der Waals surface area contributed by atoms with Crippen LogP contribution in [0.15, 0.2) is 55.1 Å². The van der Waals surface area contributed by atoms with Gasteiger partial charge >= 0.3 is 0 Å². The van der Waals surface area contributed by atoms with Gasteiger partial charge in [0.15, 0.2) is 17.4 Å². The fourth-order valence-corrected chi connectivity index (χ4v) is 4.15. The van der Waals surface area contributed by atoms with Crippen molar-refractivity contribution in [3.63, 3.8) is 0 Å². The van der Waals surface area contributed by atoms with Crippen molar-refractivity contribution in [2.45, 2.75) is 6.92 Å². The molecule has 0 unspecified atom stereocenters. The molecule has 4 heterocycles. The average molecular weight is 501 g/mol. The van der Waals surface area contributed by atoms with Crippen molar-refractivity contribution in [1.29, 1.82) is 0 Å². The first-order chi connectivity index (χ1) is 18.0. The zero-order valence-corrected chi connectivity index (χ0v) is 20.9. The Balaban J connectivity index is 1.41. The van der Waals surface area contributed by atoms with Crippen LogP contribution in [-0.2, 0) is 11.8 Å². The van der Waals surface area contributed by atoms with Gasteiger partial charge in [-0.05, 0) is 31.2 Å². The Hall–Kier alpha value is -4.51. The minimum Gasteiger partial charge on any atom is -0.494 e. The van der Waals surface area contributed by atoms with Crippen molar-refractivity contribution in [3.05, 3.63) is 60.7 Å². The van der Waals surface area contributed by atoms with Crippen molar-refractivity contribution in [3.8, 4) is 17.1 Å². The number of hydrogen-bond acceptors (Lipinski definition) is 10. The third-order valence-electron chi connectivity index (χ3n) is 5.99. The van der Waals surface area contributed by atoms with E-state index in [1.807, 2.05) is 36.5 Å². The summed E-state index contributed by atoms with van der Waals surface area (Å²) in [5, 5.41) is 11.0. The van der Waals surface area contributed by atoms with Crippen LogP contribution in [0, 0.1) is 0 Å². The van der Waals surface area contributed by atoms with Crippen LogP contribution < -0.4 is 20.3 Å². The van der Waals surface area contributed by atoms with Gasteiger partial charge in [0, 0.05) is 32.4 Å². The zero-order valence-electron chi connectivity index (χ0n) is 20.9. The monoisotopic (exact) mass is 500 g/mol. The highest BCUT2D eigenvalue weighted by molar-refractivity contribution is 6.00. The second kappa shape index (κ2) is 10.6. The fourth-order valence-electron chi connectivity index (χ4n) is 4.15. The van der Waals surface area contributed by atoms with Crippen LogP contribution in [0.4, 0.5) is 28.7 Å². The van der Waals surface area contributed by atoms with Crippen molar-refractivity contribution >= 4 is 34.5 Å². The number of para-hydroxylation sites is 1. The quantitative estimate of drug-likeness (QED) is 0.346. The number of pyridine rings is 2. The molecule has 0 spiro atoms. The maximum Gasteiger partial charge on any atom is 0.184 e. The number of nitrogens with one attached hydrogen (secondary N) is 2. The summed E-state index contributed by atoms with van der Waals surface area (Å²) in [6, 6.07) is 11.3. The summed E-state index contributed by atoms with van der Waals surface area (Å²) in [7, 11) is 3.39. The van der Waals surface area contributed by atoms with Crippen LogP contribution in [-0.4, -0.2) is 63.9 Å². The van der Waals surface area contributed by atoms with Crippen LogP contribution in [0.25, 0.3) is 11.4 Å². The lowest BCUT2D eigenvalue weighted by Crippen LogP contribution is -2.36. The van der Waals surface area contributed by atoms with E-state index in [1.54, 1.807) is 37.4 Å². The Morgan fingerprint density at radius 3 is 2.49 bits per heavy atom. The molecule has 1 fully saturated rings. The summed E-state index contributed by atoms with van der Waals surface area (Å²) < 4.78 is 12.8. The van der Waals surface area contributed by atoms with Gasteiger partial charge in [0.2, 0.25) is 0 Å². The first kappa shape index (κ1) is 24.2. The van der Waals surface area contributed by atoms with Crippen molar-refractivity contribution in [1.82, 2.24) is 24.7 Å². The Morgan fingerprint density at radius 2 is 1.81 bits per heavy atom. The second-order valence-electron chi connectivity index (χ2n) is 8.55. The SMILES string of the molecule is COc1c(Nc2cc(Nc3ccc(N4CCOCC4)cn3)ncc2C(C)=O)cccc1-c1ncn(C)n1. The molecule has 4 aromatic rings. The van der Waals surface area contributed by atoms with E-state index in [9.17, 15) is 4.79 Å². The van der Waals surface area contributed by atoms with Crippen molar-refractivity contribution in [2.75, 3.05) is 48.9 Å². The van der Waals surface area contributed by atoms with E-state index in [-0.39, 0.29) is 5.78 Å². The van der Waals surface area contributed by atoms with Gasteiger partial charge in [-0.3, -0.25) is 9.48 Å². The molecule has 0 saturated carbocycles. The molecule has 0 bridgehead atoms. The van der Waals surface area contributed by atoms with Crippen LogP contribution >= 0.6 is 0 Å². The Labute approximate surface area is 214 Å². The normalized spacial score (nSPS) is 13.3. The van der Waals surface area contributed by atoms with Gasteiger partial charge in [0.25, 0.3) is 0 Å². The van der Waals surface area contributed by atoms with Gasteiger partial charge < -0.3 is 25.0 Å². The summed E-state index contributed by atoms with van der Waals surface area (Å²) in [5.41, 5.74) is 3.48. The average Bonchev–Trinajstić information content (AvgIpc) is 3.35. The number of aryl methyl sites for hydroxylation is 1. The lowest BCUT2D eigenvalue weighted by Gasteiger charge is -2.28. The maximum atomic E-state index is 12.4. The lowest BCUT2D eigenvalue weighted by atomic mass is 10.1. The maximum absolute atomic E-state index is 12.4. The number of methoxy groups -OCH3 is 1. The molecule has 1 aromatic carbocycles. The zero-order chi connectivity index (χ0) is 25.8. The number of nitrogens with zero attached hydrogens (tertiary/aromatic N) is 6. The molecule has 2 N–H and O–H groups in total. The Morgan fingerprint density at radius 1 is 1.00 bits per heavy atom. The number of ether oxygens (including phenoxy) is 2. The first-order valence-electron chi connectivity index (χ1n) is 11.9. The van der Waals surface area contributed by atoms with E-state index in [0.717, 1.165) is 24.3 Å². The topological polar surface area (TPSA) is 119 Å². The predicted molar refractivity (Wildman–Crippen MR) is 141 cm³/mol. The summed E-state index contributed by atoms with van der Waals surface area (Å²) in [5.74, 6) is 2.18. The smallest absolute Gasteiger partial charge is 0.184 e. The van der Waals surface area contributed by atoms with Gasteiger partial charge in [0.05, 0.1) is 54.7 Å². The molecule has 1 saturated heterocycles. The van der Waals surface area contributed by atoms with E-state index in [2.05, 4.69) is 35.6 Å². The number of rotatable bonds is 8. The number of Topliss-reactive ketones (excluding diaryl/α,β-unsaturated/α-hetero) is 1. The summed E-state index contributed by atoms with van der Waals surface area (Å²) in [6.45, 7) is 4.63. The molecule has 1 aliphatic rings. The molecule has 1 aliphatic heterocycles. The van der Waals surface area contributed by atoms with E-state index >= 15 is 0 Å². The molecule has 5 rings (SSSR count). The standard InChI is InChI=1S/C26H28N8O3/c1-17(35)20-15-28-24(31-23-8-7-18(14-27-23)34-9-11-37-12-10-34)13-22(20)30-21-6-4-5-19(25(21)36-3)26-29-16-33(2)32-26/h4-8,13-16H,9-12H2,1-3H3,(H2,27,28,30,31). The molecule has 11 nitrogen and oxygen atoms in total. The lowest BCUT2D eigenvalue weighted by molar-refractivity contribution is 0.101. The molecule has 0 aliphatic carbocycles. The van der Waals surface area contributed by atoms with Gasteiger partial charge in [-0.25, -0.2) is 15.0 Å². The number of hydrogen-bond donors (Lipinski definition) is 2. The van der Waals surface area contributed by atoms with Crippen LogP contribution in [0.3, 0.4) is 0 Å². The molecule has 3 aromatic heterocycles. The number of aromatic nitrogens is 5. The van der Waals surface area contributed by atoms with Crippen LogP contribution in [0.2, 0.25) is 0 Å². The Kier molecular flexibility index (Phi) is 6.95. The number of carbonyl (C=O) groups is 1. The minimum atomic E-state index is -0.115. The number of morpholine rings is 1. The third kappa shape index (κ3) is 5.36. The van der Waals surface area contributed by atoms with Gasteiger partial charge in [-0.15, -0.1) is 0 Å². The molecular formula is C26H28N8O3. The van der Waals surface area contributed by atoms with Crippen molar-refractivity contribution < 1.29 is 14.3 Å². The fraction of sp³-hybridized carbons (Fsp3) is 0.269. The van der Waals surface area contributed by atoms with Crippen LogP contribution in [0.1, 0.15) is 17.3 Å². The predicted octanol–water partition coefficient (Wildman–Crippen LogP) is 3.81. The molecule has 0 atom stereocenters. The van der Waals surface area contributed by atoms with Crippen molar-refractivity contribution in [2.24, 2.45) is 7.05 Å². The molecular weight excluding hydrogens is 472 g/mol. The van der Waals surface area contributed by atoms with E-state index < -0.39 is 0 Å². The van der Waals surface area contributed by atoms with Gasteiger partial charge in [0.1, 0.15) is 18.0 Å². The van der Waals surface area contributed by atoms with Crippen LogP contribution in [0.5, 0.6) is 5.75 Å².